The SMILES string of the molecule is CN(C)C(=O)CCN1CCN(c2ccc(CN)cn2)CC1. The van der Waals surface area contributed by atoms with Gasteiger partial charge in [0.2, 0.25) is 5.91 Å². The Morgan fingerprint density at radius 3 is 2.52 bits per heavy atom. The van der Waals surface area contributed by atoms with Crippen molar-refractivity contribution in [2.45, 2.75) is 13.0 Å². The number of pyridine rings is 1. The zero-order chi connectivity index (χ0) is 15.2. The number of nitrogens with zero attached hydrogens (tertiary/aromatic N) is 4. The van der Waals surface area contributed by atoms with Crippen molar-refractivity contribution >= 4 is 11.7 Å². The van der Waals surface area contributed by atoms with Gasteiger partial charge >= 0.3 is 0 Å². The molecule has 6 heteroatoms. The molecule has 0 aliphatic carbocycles. The Hall–Kier alpha value is -1.66. The largest absolute Gasteiger partial charge is 0.354 e. The zero-order valence-electron chi connectivity index (χ0n) is 13.0. The maximum absolute atomic E-state index is 11.6. The molecule has 2 heterocycles. The van der Waals surface area contributed by atoms with Gasteiger partial charge in [0.25, 0.3) is 0 Å². The number of nitrogens with two attached hydrogens (primary N) is 1. The second-order valence-corrected chi connectivity index (χ2v) is 5.60. The first-order chi connectivity index (χ1) is 10.1. The molecule has 0 bridgehead atoms. The Labute approximate surface area is 126 Å². The Bertz CT molecular complexity index is 452. The Balaban J connectivity index is 1.78. The number of aromatic nitrogens is 1. The number of hydrogen-bond acceptors (Lipinski definition) is 5. The van der Waals surface area contributed by atoms with E-state index < -0.39 is 0 Å². The quantitative estimate of drug-likeness (QED) is 0.836. The number of amides is 1. The number of piperazine rings is 1. The first-order valence-electron chi connectivity index (χ1n) is 7.42. The topological polar surface area (TPSA) is 65.7 Å². The van der Waals surface area contributed by atoms with E-state index in [-0.39, 0.29) is 5.91 Å². The van der Waals surface area contributed by atoms with Gasteiger partial charge in [-0.05, 0) is 11.6 Å². The molecule has 1 aliphatic heterocycles. The van der Waals surface area contributed by atoms with Crippen molar-refractivity contribution in [1.82, 2.24) is 14.8 Å². The van der Waals surface area contributed by atoms with Gasteiger partial charge in [-0.3, -0.25) is 9.69 Å². The highest BCUT2D eigenvalue weighted by Crippen LogP contribution is 2.14. The van der Waals surface area contributed by atoms with E-state index in [9.17, 15) is 4.79 Å². The number of carbonyl (C=O) groups excluding carboxylic acids is 1. The average Bonchev–Trinajstić information content (AvgIpc) is 2.53. The standard InChI is InChI=1S/C15H25N5O/c1-18(2)15(21)5-6-19-7-9-20(10-8-19)14-4-3-13(11-16)12-17-14/h3-4,12H,5-11,16H2,1-2H3. The molecule has 1 amide bonds. The molecule has 0 spiro atoms. The van der Waals surface area contributed by atoms with Crippen LogP contribution < -0.4 is 10.6 Å². The monoisotopic (exact) mass is 291 g/mol. The predicted molar refractivity (Wildman–Crippen MR) is 84.1 cm³/mol. The molecule has 6 nitrogen and oxygen atoms in total. The molecule has 1 aromatic rings. The molecule has 2 rings (SSSR count). The van der Waals surface area contributed by atoms with E-state index >= 15 is 0 Å². The second kappa shape index (κ2) is 7.38. The van der Waals surface area contributed by atoms with Crippen LogP contribution in [0.5, 0.6) is 0 Å². The van der Waals surface area contributed by atoms with Crippen molar-refractivity contribution < 1.29 is 4.79 Å². The normalized spacial score (nSPS) is 16.0. The summed E-state index contributed by atoms with van der Waals surface area (Å²) in [6.07, 6.45) is 2.44. The van der Waals surface area contributed by atoms with Crippen LogP contribution in [0.1, 0.15) is 12.0 Å². The third-order valence-electron chi connectivity index (χ3n) is 3.88. The molecule has 2 N–H and O–H groups in total. The van der Waals surface area contributed by atoms with Crippen molar-refractivity contribution in [1.29, 1.82) is 0 Å². The fourth-order valence-electron chi connectivity index (χ4n) is 2.40. The van der Waals surface area contributed by atoms with Crippen LogP contribution in [-0.2, 0) is 11.3 Å². The highest BCUT2D eigenvalue weighted by Gasteiger charge is 2.18. The molecule has 0 aromatic carbocycles. The molecule has 0 radical (unpaired) electrons. The van der Waals surface area contributed by atoms with Gasteiger partial charge in [-0.1, -0.05) is 6.07 Å². The third-order valence-corrected chi connectivity index (χ3v) is 3.88. The fourth-order valence-corrected chi connectivity index (χ4v) is 2.40. The van der Waals surface area contributed by atoms with Gasteiger partial charge < -0.3 is 15.5 Å². The third kappa shape index (κ3) is 4.41. The van der Waals surface area contributed by atoms with Gasteiger partial charge in [-0.15, -0.1) is 0 Å². The minimum absolute atomic E-state index is 0.191. The molecule has 21 heavy (non-hydrogen) atoms. The predicted octanol–water partition coefficient (Wildman–Crippen LogP) is 0.141. The van der Waals surface area contributed by atoms with Crippen LogP contribution >= 0.6 is 0 Å². The number of carbonyl (C=O) groups is 1. The van der Waals surface area contributed by atoms with Crippen molar-refractivity contribution in [3.63, 3.8) is 0 Å². The van der Waals surface area contributed by atoms with Gasteiger partial charge in [-0.2, -0.15) is 0 Å². The summed E-state index contributed by atoms with van der Waals surface area (Å²) in [5.41, 5.74) is 6.64. The maximum Gasteiger partial charge on any atom is 0.223 e. The lowest BCUT2D eigenvalue weighted by Gasteiger charge is -2.35. The molecule has 0 saturated carbocycles. The van der Waals surface area contributed by atoms with Crippen molar-refractivity contribution in [2.75, 3.05) is 51.7 Å². The molecular formula is C15H25N5O. The van der Waals surface area contributed by atoms with Crippen molar-refractivity contribution in [2.24, 2.45) is 5.73 Å². The summed E-state index contributed by atoms with van der Waals surface area (Å²) in [5.74, 6) is 1.20. The van der Waals surface area contributed by atoms with Crippen LogP contribution in [0.4, 0.5) is 5.82 Å². The van der Waals surface area contributed by atoms with Gasteiger partial charge in [0, 0.05) is 66.0 Å². The van der Waals surface area contributed by atoms with E-state index in [0.717, 1.165) is 44.1 Å². The molecule has 1 fully saturated rings. The van der Waals surface area contributed by atoms with Gasteiger partial charge in [-0.25, -0.2) is 4.98 Å². The Kier molecular flexibility index (Phi) is 5.52. The molecule has 1 aliphatic rings. The lowest BCUT2D eigenvalue weighted by molar-refractivity contribution is -0.129. The van der Waals surface area contributed by atoms with Gasteiger partial charge in [0.1, 0.15) is 5.82 Å². The molecule has 1 saturated heterocycles. The molecule has 0 atom stereocenters. The van der Waals surface area contributed by atoms with Crippen LogP contribution in [-0.4, -0.2) is 67.5 Å². The highest BCUT2D eigenvalue weighted by atomic mass is 16.2. The van der Waals surface area contributed by atoms with Crippen LogP contribution in [0.25, 0.3) is 0 Å². The van der Waals surface area contributed by atoms with E-state index in [1.54, 1.807) is 19.0 Å². The van der Waals surface area contributed by atoms with Crippen molar-refractivity contribution in [3.8, 4) is 0 Å². The Morgan fingerprint density at radius 1 is 1.29 bits per heavy atom. The van der Waals surface area contributed by atoms with Gasteiger partial charge in [0.15, 0.2) is 0 Å². The van der Waals surface area contributed by atoms with E-state index in [1.165, 1.54) is 0 Å². The number of hydrogen-bond donors (Lipinski definition) is 1. The maximum atomic E-state index is 11.6. The fraction of sp³-hybridized carbons (Fsp3) is 0.600. The lowest BCUT2D eigenvalue weighted by Crippen LogP contribution is -2.47. The second-order valence-electron chi connectivity index (χ2n) is 5.60. The van der Waals surface area contributed by atoms with E-state index in [2.05, 4.69) is 14.8 Å². The van der Waals surface area contributed by atoms with Crippen LogP contribution in [0.15, 0.2) is 18.3 Å². The molecule has 0 unspecified atom stereocenters. The van der Waals surface area contributed by atoms with E-state index in [1.807, 2.05) is 18.3 Å². The van der Waals surface area contributed by atoms with Crippen LogP contribution in [0.2, 0.25) is 0 Å². The highest BCUT2D eigenvalue weighted by molar-refractivity contribution is 5.75. The first kappa shape index (κ1) is 15.7. The molecule has 116 valence electrons. The van der Waals surface area contributed by atoms with E-state index in [4.69, 9.17) is 5.73 Å². The smallest absolute Gasteiger partial charge is 0.223 e. The van der Waals surface area contributed by atoms with Crippen LogP contribution in [0.3, 0.4) is 0 Å². The number of anilines is 1. The summed E-state index contributed by atoms with van der Waals surface area (Å²) >= 11 is 0. The minimum atomic E-state index is 0.191. The van der Waals surface area contributed by atoms with Crippen molar-refractivity contribution in [3.05, 3.63) is 23.9 Å². The summed E-state index contributed by atoms with van der Waals surface area (Å²) in [6.45, 7) is 5.21. The number of rotatable bonds is 5. The molecular weight excluding hydrogens is 266 g/mol. The minimum Gasteiger partial charge on any atom is -0.354 e. The molecule has 1 aromatic heterocycles. The van der Waals surface area contributed by atoms with E-state index in [0.29, 0.717) is 13.0 Å². The summed E-state index contributed by atoms with van der Waals surface area (Å²) < 4.78 is 0. The average molecular weight is 291 g/mol. The zero-order valence-corrected chi connectivity index (χ0v) is 13.0. The summed E-state index contributed by atoms with van der Waals surface area (Å²) in [5, 5.41) is 0. The summed E-state index contributed by atoms with van der Waals surface area (Å²) in [4.78, 5) is 22.3. The lowest BCUT2D eigenvalue weighted by atomic mass is 10.2. The summed E-state index contributed by atoms with van der Waals surface area (Å²) in [6, 6.07) is 4.07. The van der Waals surface area contributed by atoms with Crippen LogP contribution in [0, 0.1) is 0 Å². The first-order valence-corrected chi connectivity index (χ1v) is 7.42. The Morgan fingerprint density at radius 2 is 2.00 bits per heavy atom. The summed E-state index contributed by atoms with van der Waals surface area (Å²) in [7, 11) is 3.61. The van der Waals surface area contributed by atoms with Gasteiger partial charge in [0.05, 0.1) is 0 Å².